The normalized spacial score (nSPS) is 17.9. The highest BCUT2D eigenvalue weighted by Gasteiger charge is 2.19. The Morgan fingerprint density at radius 3 is 2.32 bits per heavy atom. The first-order valence-electron chi connectivity index (χ1n) is 8.23. The van der Waals surface area contributed by atoms with Crippen molar-refractivity contribution in [2.75, 3.05) is 32.7 Å². The van der Waals surface area contributed by atoms with Crippen LogP contribution in [-0.4, -0.2) is 42.5 Å². The quantitative estimate of drug-likeness (QED) is 0.790. The molecule has 1 aromatic carbocycles. The lowest BCUT2D eigenvalue weighted by Gasteiger charge is -2.35. The van der Waals surface area contributed by atoms with Crippen LogP contribution in [-0.2, 0) is 6.54 Å². The lowest BCUT2D eigenvalue weighted by Crippen LogP contribution is -2.46. The average molecular weight is 327 g/mol. The van der Waals surface area contributed by atoms with Gasteiger partial charge in [0.15, 0.2) is 0 Å². The molecule has 22 heavy (non-hydrogen) atoms. The second-order valence-corrected chi connectivity index (χ2v) is 7.89. The highest BCUT2D eigenvalue weighted by atomic mass is 35.5. The summed E-state index contributed by atoms with van der Waals surface area (Å²) in [5, 5.41) is 0.535. The molecule has 0 saturated carbocycles. The number of halogens is 2. The maximum atomic E-state index is 13.8. The van der Waals surface area contributed by atoms with Crippen LogP contribution in [0.4, 0.5) is 4.39 Å². The number of hydrogen-bond acceptors (Lipinski definition) is 2. The van der Waals surface area contributed by atoms with Gasteiger partial charge in [-0.2, -0.15) is 0 Å². The second kappa shape index (κ2) is 7.76. The summed E-state index contributed by atoms with van der Waals surface area (Å²) in [4.78, 5) is 4.82. The van der Waals surface area contributed by atoms with Crippen molar-refractivity contribution in [2.45, 2.75) is 40.2 Å². The molecule has 1 heterocycles. The molecule has 0 amide bonds. The zero-order valence-corrected chi connectivity index (χ0v) is 14.8. The Hall–Kier alpha value is -0.640. The molecule has 1 aromatic rings. The Kier molecular flexibility index (Phi) is 6.25. The van der Waals surface area contributed by atoms with E-state index in [1.807, 2.05) is 0 Å². The minimum atomic E-state index is -0.194. The van der Waals surface area contributed by atoms with E-state index in [4.69, 9.17) is 11.6 Å². The molecule has 2 nitrogen and oxygen atoms in total. The lowest BCUT2D eigenvalue weighted by atomic mass is 9.90. The van der Waals surface area contributed by atoms with Crippen molar-refractivity contribution in [3.8, 4) is 0 Å². The summed E-state index contributed by atoms with van der Waals surface area (Å²) in [6.07, 6.45) is 2.51. The molecular formula is C18H28ClFN2. The third-order valence-corrected chi connectivity index (χ3v) is 4.66. The highest BCUT2D eigenvalue weighted by Crippen LogP contribution is 2.22. The molecule has 124 valence electrons. The molecular weight excluding hydrogens is 299 g/mol. The van der Waals surface area contributed by atoms with Crippen molar-refractivity contribution < 1.29 is 4.39 Å². The summed E-state index contributed by atoms with van der Waals surface area (Å²) < 4.78 is 13.8. The van der Waals surface area contributed by atoms with Crippen molar-refractivity contribution in [3.05, 3.63) is 34.6 Å². The second-order valence-electron chi connectivity index (χ2n) is 7.48. The molecule has 1 aliphatic heterocycles. The first kappa shape index (κ1) is 17.7. The van der Waals surface area contributed by atoms with Gasteiger partial charge in [0.1, 0.15) is 5.82 Å². The lowest BCUT2D eigenvalue weighted by molar-refractivity contribution is 0.122. The van der Waals surface area contributed by atoms with Crippen molar-refractivity contribution >= 4 is 11.6 Å². The van der Waals surface area contributed by atoms with E-state index in [1.54, 1.807) is 12.1 Å². The van der Waals surface area contributed by atoms with Crippen molar-refractivity contribution in [1.82, 2.24) is 9.80 Å². The summed E-state index contributed by atoms with van der Waals surface area (Å²) in [7, 11) is 0. The van der Waals surface area contributed by atoms with Gasteiger partial charge in [0.05, 0.1) is 0 Å². The topological polar surface area (TPSA) is 6.48 Å². The molecule has 0 aliphatic carbocycles. The molecule has 0 N–H and O–H groups in total. The Labute approximate surface area is 139 Å². The maximum Gasteiger partial charge on any atom is 0.129 e. The van der Waals surface area contributed by atoms with E-state index in [0.29, 0.717) is 22.5 Å². The summed E-state index contributed by atoms with van der Waals surface area (Å²) in [5.41, 5.74) is 1.05. The van der Waals surface area contributed by atoms with E-state index in [2.05, 4.69) is 30.6 Å². The smallest absolute Gasteiger partial charge is 0.129 e. The van der Waals surface area contributed by atoms with Gasteiger partial charge in [-0.05, 0) is 36.9 Å². The van der Waals surface area contributed by atoms with Crippen LogP contribution in [0.5, 0.6) is 0 Å². The van der Waals surface area contributed by atoms with Gasteiger partial charge >= 0.3 is 0 Å². The Bertz CT molecular complexity index is 456. The molecule has 1 aliphatic rings. The third-order valence-electron chi connectivity index (χ3n) is 4.31. The van der Waals surface area contributed by atoms with Crippen LogP contribution in [0.2, 0.25) is 5.02 Å². The minimum Gasteiger partial charge on any atom is -0.301 e. The zero-order valence-electron chi connectivity index (χ0n) is 14.0. The fourth-order valence-electron chi connectivity index (χ4n) is 2.91. The Balaban J connectivity index is 1.76. The molecule has 1 fully saturated rings. The van der Waals surface area contributed by atoms with E-state index in [0.717, 1.165) is 26.2 Å². The van der Waals surface area contributed by atoms with E-state index in [9.17, 15) is 4.39 Å². The number of benzene rings is 1. The van der Waals surface area contributed by atoms with Crippen LogP contribution in [0, 0.1) is 11.2 Å². The average Bonchev–Trinajstić information content (AvgIpc) is 2.43. The van der Waals surface area contributed by atoms with Crippen LogP contribution in [0.3, 0.4) is 0 Å². The van der Waals surface area contributed by atoms with Crippen LogP contribution in [0.15, 0.2) is 18.2 Å². The number of piperazine rings is 1. The van der Waals surface area contributed by atoms with Gasteiger partial charge < -0.3 is 4.90 Å². The first-order valence-corrected chi connectivity index (χ1v) is 8.60. The highest BCUT2D eigenvalue weighted by molar-refractivity contribution is 6.31. The molecule has 0 atom stereocenters. The Morgan fingerprint density at radius 2 is 1.73 bits per heavy atom. The maximum absolute atomic E-state index is 13.8. The van der Waals surface area contributed by atoms with E-state index in [1.165, 1.54) is 25.5 Å². The molecule has 0 bridgehead atoms. The van der Waals surface area contributed by atoms with Gasteiger partial charge in [0.2, 0.25) is 0 Å². The van der Waals surface area contributed by atoms with Gasteiger partial charge in [-0.3, -0.25) is 4.90 Å². The Morgan fingerprint density at radius 1 is 1.09 bits per heavy atom. The van der Waals surface area contributed by atoms with Gasteiger partial charge in [-0.25, -0.2) is 4.39 Å². The molecule has 0 radical (unpaired) electrons. The standard InChI is InChI=1S/C18H28ClFN2/c1-18(2,3)8-5-9-21-10-12-22(13-11-21)14-15-16(19)6-4-7-17(15)20/h4,6-7H,5,8-14H2,1-3H3. The molecule has 0 unspecified atom stereocenters. The predicted octanol–water partition coefficient (Wildman–Crippen LogP) is 4.42. The predicted molar refractivity (Wildman–Crippen MR) is 91.8 cm³/mol. The third kappa shape index (κ3) is 5.53. The van der Waals surface area contributed by atoms with Crippen molar-refractivity contribution in [3.63, 3.8) is 0 Å². The van der Waals surface area contributed by atoms with Crippen LogP contribution >= 0.6 is 11.6 Å². The SMILES string of the molecule is CC(C)(C)CCCN1CCN(Cc2c(F)cccc2Cl)CC1. The number of hydrogen-bond donors (Lipinski definition) is 0. The number of rotatable bonds is 5. The van der Waals surface area contributed by atoms with E-state index < -0.39 is 0 Å². The van der Waals surface area contributed by atoms with Gasteiger partial charge in [0.25, 0.3) is 0 Å². The van der Waals surface area contributed by atoms with Crippen LogP contribution < -0.4 is 0 Å². The molecule has 1 saturated heterocycles. The summed E-state index contributed by atoms with van der Waals surface area (Å²) in [5.74, 6) is -0.194. The molecule has 0 aromatic heterocycles. The van der Waals surface area contributed by atoms with Crippen LogP contribution in [0.1, 0.15) is 39.2 Å². The fourth-order valence-corrected chi connectivity index (χ4v) is 3.13. The van der Waals surface area contributed by atoms with E-state index >= 15 is 0 Å². The minimum absolute atomic E-state index is 0.194. The van der Waals surface area contributed by atoms with Gasteiger partial charge in [0, 0.05) is 43.3 Å². The van der Waals surface area contributed by atoms with Crippen molar-refractivity contribution in [2.24, 2.45) is 5.41 Å². The molecule has 4 heteroatoms. The number of nitrogens with zero attached hydrogens (tertiary/aromatic N) is 2. The summed E-state index contributed by atoms with van der Waals surface area (Å²) in [6.45, 7) is 12.8. The molecule has 2 rings (SSSR count). The van der Waals surface area contributed by atoms with Crippen molar-refractivity contribution in [1.29, 1.82) is 0 Å². The van der Waals surface area contributed by atoms with Gasteiger partial charge in [-0.1, -0.05) is 38.4 Å². The summed E-state index contributed by atoms with van der Waals surface area (Å²) in [6, 6.07) is 4.92. The van der Waals surface area contributed by atoms with E-state index in [-0.39, 0.29) is 5.82 Å². The largest absolute Gasteiger partial charge is 0.301 e. The van der Waals surface area contributed by atoms with Crippen LogP contribution in [0.25, 0.3) is 0 Å². The first-order chi connectivity index (χ1) is 10.3. The molecule has 0 spiro atoms. The monoisotopic (exact) mass is 326 g/mol. The van der Waals surface area contributed by atoms with Gasteiger partial charge in [-0.15, -0.1) is 0 Å². The summed E-state index contributed by atoms with van der Waals surface area (Å²) >= 11 is 6.11. The zero-order chi connectivity index (χ0) is 16.2. The fraction of sp³-hybridized carbons (Fsp3) is 0.667.